The average molecular weight is 306 g/mol. The minimum atomic E-state index is 0.913. The molecule has 0 radical (unpaired) electrons. The van der Waals surface area contributed by atoms with E-state index < -0.39 is 0 Å². The van der Waals surface area contributed by atoms with Crippen molar-refractivity contribution in [3.63, 3.8) is 0 Å². The molecule has 2 aromatic carbocycles. The number of methoxy groups -OCH3 is 1. The number of benzene rings is 2. The summed E-state index contributed by atoms with van der Waals surface area (Å²) in [5.74, 6) is 0.913. The van der Waals surface area contributed by atoms with Crippen LogP contribution in [0.1, 0.15) is 24.5 Å². The second-order valence-electron chi connectivity index (χ2n) is 6.32. The molecule has 1 aliphatic heterocycles. The largest absolute Gasteiger partial charge is 0.497 e. The van der Waals surface area contributed by atoms with Gasteiger partial charge >= 0.3 is 0 Å². The van der Waals surface area contributed by atoms with E-state index in [4.69, 9.17) is 4.74 Å². The van der Waals surface area contributed by atoms with Gasteiger partial charge < -0.3 is 14.2 Å². The van der Waals surface area contributed by atoms with Crippen molar-refractivity contribution < 1.29 is 4.74 Å². The van der Waals surface area contributed by atoms with E-state index in [0.29, 0.717) is 0 Å². The lowest BCUT2D eigenvalue weighted by atomic mass is 10.0. The van der Waals surface area contributed by atoms with Crippen LogP contribution in [0.4, 0.5) is 0 Å². The van der Waals surface area contributed by atoms with Crippen molar-refractivity contribution in [1.29, 1.82) is 0 Å². The first-order chi connectivity index (χ1) is 11.2. The van der Waals surface area contributed by atoms with Crippen LogP contribution in [-0.4, -0.2) is 23.6 Å². The Kier molecular flexibility index (Phi) is 3.12. The van der Waals surface area contributed by atoms with Gasteiger partial charge in [-0.05, 0) is 30.2 Å². The minimum absolute atomic E-state index is 0.913. The second kappa shape index (κ2) is 5.05. The van der Waals surface area contributed by atoms with Gasteiger partial charge in [-0.3, -0.25) is 0 Å². The zero-order valence-electron chi connectivity index (χ0n) is 14.0. The van der Waals surface area contributed by atoms with Crippen molar-refractivity contribution in [3.05, 3.63) is 48.0 Å². The van der Waals surface area contributed by atoms with Crippen LogP contribution in [-0.2, 0) is 13.1 Å². The van der Waals surface area contributed by atoms with E-state index in [0.717, 1.165) is 31.0 Å². The monoisotopic (exact) mass is 306 g/mol. The average Bonchev–Trinajstić information content (AvgIpc) is 3.03. The molecule has 0 aliphatic carbocycles. The Morgan fingerprint density at radius 3 is 2.74 bits per heavy atom. The summed E-state index contributed by atoms with van der Waals surface area (Å²) in [6.45, 7) is 8.41. The van der Waals surface area contributed by atoms with Gasteiger partial charge in [0.15, 0.2) is 0 Å². The van der Waals surface area contributed by atoms with Crippen LogP contribution < -0.4 is 4.74 Å². The Labute approximate surface area is 136 Å². The molecule has 3 nitrogen and oxygen atoms in total. The molecule has 4 rings (SSSR count). The molecule has 0 fully saturated rings. The van der Waals surface area contributed by atoms with Crippen LogP contribution in [0.15, 0.2) is 36.9 Å². The minimum Gasteiger partial charge on any atom is -0.497 e. The molecule has 0 spiro atoms. The second-order valence-corrected chi connectivity index (χ2v) is 6.32. The van der Waals surface area contributed by atoms with Gasteiger partial charge in [0.25, 0.3) is 0 Å². The lowest BCUT2D eigenvalue weighted by Crippen LogP contribution is -2.06. The van der Waals surface area contributed by atoms with Crippen LogP contribution >= 0.6 is 0 Å². The van der Waals surface area contributed by atoms with Gasteiger partial charge in [-0.15, -0.1) is 0 Å². The van der Waals surface area contributed by atoms with Crippen molar-refractivity contribution in [2.75, 3.05) is 14.2 Å². The zero-order chi connectivity index (χ0) is 16.1. The van der Waals surface area contributed by atoms with Crippen molar-refractivity contribution >= 4 is 27.5 Å². The maximum absolute atomic E-state index is 5.44. The number of hydrogen-bond donors (Lipinski definition) is 0. The topological polar surface area (TPSA) is 17.4 Å². The summed E-state index contributed by atoms with van der Waals surface area (Å²) in [6, 6.07) is 10.9. The molecule has 0 N–H and O–H groups in total. The predicted molar refractivity (Wildman–Crippen MR) is 96.8 cm³/mol. The summed E-state index contributed by atoms with van der Waals surface area (Å²) in [5, 5.41) is 2.69. The molecule has 3 heteroatoms. The first-order valence-corrected chi connectivity index (χ1v) is 8.18. The Balaban J connectivity index is 2.13. The summed E-state index contributed by atoms with van der Waals surface area (Å²) in [5.41, 5.74) is 6.38. The summed E-state index contributed by atoms with van der Waals surface area (Å²) >= 11 is 0. The molecule has 1 aliphatic rings. The van der Waals surface area contributed by atoms with E-state index in [9.17, 15) is 0 Å². The van der Waals surface area contributed by atoms with Gasteiger partial charge in [-0.25, -0.2) is 0 Å². The zero-order valence-corrected chi connectivity index (χ0v) is 14.0. The Hall–Kier alpha value is -2.42. The third kappa shape index (κ3) is 1.89. The maximum atomic E-state index is 5.44. The highest BCUT2D eigenvalue weighted by atomic mass is 16.5. The Bertz CT molecular complexity index is 936. The normalized spacial score (nSPS) is 14.0. The van der Waals surface area contributed by atoms with Crippen LogP contribution in [0.2, 0.25) is 0 Å². The Morgan fingerprint density at radius 1 is 1.17 bits per heavy atom. The fourth-order valence-corrected chi connectivity index (χ4v) is 3.80. The fraction of sp³-hybridized carbons (Fsp3) is 0.300. The third-order valence-electron chi connectivity index (χ3n) is 4.96. The highest BCUT2D eigenvalue weighted by molar-refractivity contribution is 6.11. The number of rotatable bonds is 3. The van der Waals surface area contributed by atoms with Crippen molar-refractivity contribution in [1.82, 2.24) is 9.47 Å². The van der Waals surface area contributed by atoms with Gasteiger partial charge in [0.05, 0.1) is 12.6 Å². The van der Waals surface area contributed by atoms with E-state index in [1.807, 2.05) is 0 Å². The summed E-state index contributed by atoms with van der Waals surface area (Å²) in [6.07, 6.45) is 1.11. The maximum Gasteiger partial charge on any atom is 0.120 e. The molecular weight excluding hydrogens is 284 g/mol. The van der Waals surface area contributed by atoms with Crippen molar-refractivity contribution in [2.45, 2.75) is 26.4 Å². The van der Waals surface area contributed by atoms with Crippen LogP contribution in [0, 0.1) is 0 Å². The van der Waals surface area contributed by atoms with E-state index in [1.54, 1.807) is 7.11 Å². The molecular formula is C20H22N2O. The fourth-order valence-electron chi connectivity index (χ4n) is 3.80. The lowest BCUT2D eigenvalue weighted by molar-refractivity contribution is 0.415. The molecule has 2 heterocycles. The smallest absolute Gasteiger partial charge is 0.120 e. The predicted octanol–water partition coefficient (Wildman–Crippen LogP) is 4.63. The standard InChI is InChI=1S/C20H22N2O/c1-5-10-22-18-9-8-15-13(2)21(3)12-17(15)20(18)16-7-6-14(23-4)11-19(16)22/h6-9,11H,2,5,10,12H2,1,3-4H3. The summed E-state index contributed by atoms with van der Waals surface area (Å²) in [4.78, 5) is 2.23. The lowest BCUT2D eigenvalue weighted by Gasteiger charge is -2.10. The van der Waals surface area contributed by atoms with Crippen LogP contribution in [0.3, 0.4) is 0 Å². The van der Waals surface area contributed by atoms with Gasteiger partial charge in [-0.2, -0.15) is 0 Å². The van der Waals surface area contributed by atoms with Crippen molar-refractivity contribution in [3.8, 4) is 5.75 Å². The molecule has 0 saturated carbocycles. The molecule has 0 saturated heterocycles. The quantitative estimate of drug-likeness (QED) is 0.702. The highest BCUT2D eigenvalue weighted by Crippen LogP contribution is 2.40. The molecule has 3 aromatic rings. The Morgan fingerprint density at radius 2 is 2.00 bits per heavy atom. The molecule has 0 unspecified atom stereocenters. The van der Waals surface area contributed by atoms with E-state index >= 15 is 0 Å². The number of nitrogens with zero attached hydrogens (tertiary/aromatic N) is 2. The first-order valence-electron chi connectivity index (χ1n) is 8.18. The van der Waals surface area contributed by atoms with E-state index in [-0.39, 0.29) is 0 Å². The molecule has 0 atom stereocenters. The highest BCUT2D eigenvalue weighted by Gasteiger charge is 2.24. The van der Waals surface area contributed by atoms with E-state index in [2.05, 4.69) is 60.3 Å². The molecule has 118 valence electrons. The molecule has 23 heavy (non-hydrogen) atoms. The van der Waals surface area contributed by atoms with Crippen LogP contribution in [0.25, 0.3) is 27.5 Å². The van der Waals surface area contributed by atoms with E-state index in [1.165, 1.54) is 32.9 Å². The SMILES string of the molecule is C=C1c2ccc3c(c2CN1C)c1ccc(OC)cc1n3CCC. The number of aryl methyl sites for hydroxylation is 1. The van der Waals surface area contributed by atoms with Gasteiger partial charge in [0.2, 0.25) is 0 Å². The first kappa shape index (κ1) is 14.2. The summed E-state index contributed by atoms with van der Waals surface area (Å²) < 4.78 is 7.87. The van der Waals surface area contributed by atoms with Gasteiger partial charge in [0.1, 0.15) is 5.75 Å². The number of ether oxygens (including phenoxy) is 1. The molecule has 0 bridgehead atoms. The number of fused-ring (bicyclic) bond motifs is 5. The van der Waals surface area contributed by atoms with Crippen LogP contribution in [0.5, 0.6) is 5.75 Å². The third-order valence-corrected chi connectivity index (χ3v) is 4.96. The molecule has 1 aromatic heterocycles. The number of hydrogen-bond acceptors (Lipinski definition) is 2. The van der Waals surface area contributed by atoms with Gasteiger partial charge in [-0.1, -0.05) is 19.6 Å². The molecule has 0 amide bonds. The van der Waals surface area contributed by atoms with Gasteiger partial charge in [0, 0.05) is 53.8 Å². The summed E-state index contributed by atoms with van der Waals surface area (Å²) in [7, 11) is 3.84. The van der Waals surface area contributed by atoms with Crippen molar-refractivity contribution in [2.24, 2.45) is 0 Å². The number of aromatic nitrogens is 1.